The molecule has 0 nitrogen and oxygen atoms in total. The second-order valence-electron chi connectivity index (χ2n) is 9.64. The molecule has 0 atom stereocenters. The van der Waals surface area contributed by atoms with E-state index in [1.807, 2.05) is 0 Å². The average Bonchev–Trinajstić information content (AvgIpc) is 2.82. The molecule has 0 aromatic heterocycles. The van der Waals surface area contributed by atoms with Crippen molar-refractivity contribution in [1.82, 2.24) is 0 Å². The van der Waals surface area contributed by atoms with Crippen LogP contribution < -0.4 is 0 Å². The Bertz CT molecular complexity index is 1190. The molecule has 0 radical (unpaired) electrons. The van der Waals surface area contributed by atoms with E-state index in [1.165, 1.54) is 61.2 Å². The van der Waals surface area contributed by atoms with Crippen LogP contribution in [0.4, 0.5) is 0 Å². The summed E-state index contributed by atoms with van der Waals surface area (Å²) in [5, 5.41) is 0. The summed E-state index contributed by atoms with van der Waals surface area (Å²) < 4.78 is 0. The van der Waals surface area contributed by atoms with Gasteiger partial charge in [-0.2, -0.15) is 0 Å². The minimum absolute atomic E-state index is 0.237. The lowest BCUT2D eigenvalue weighted by Gasteiger charge is -2.38. The van der Waals surface area contributed by atoms with Crippen LogP contribution in [0, 0.1) is 41.5 Å². The van der Waals surface area contributed by atoms with Crippen LogP contribution in [-0.2, 0) is 5.41 Å². The molecule has 4 rings (SSSR count). The molecule has 0 saturated carbocycles. The molecule has 33 heavy (non-hydrogen) atoms. The van der Waals surface area contributed by atoms with Gasteiger partial charge < -0.3 is 0 Å². The molecular formula is C33H36. The maximum absolute atomic E-state index is 2.43. The highest BCUT2D eigenvalue weighted by atomic mass is 14.4. The van der Waals surface area contributed by atoms with Crippen LogP contribution >= 0.6 is 0 Å². The largest absolute Gasteiger partial charge is 0.0639 e. The third kappa shape index (κ3) is 3.93. The second-order valence-corrected chi connectivity index (χ2v) is 9.64. The van der Waals surface area contributed by atoms with E-state index < -0.39 is 0 Å². The molecule has 0 heteroatoms. The van der Waals surface area contributed by atoms with E-state index in [1.54, 1.807) is 0 Å². The standard InChI is InChI=1S/C33H36/c1-8-33(29-18-22(2)26(6)23(3)19-29,30-20-24(4)27(7)25(5)21-30)32-17-13-12-16-31(32)28-14-10-9-11-15-28/h9-21H,8H2,1-7H3. The molecular weight excluding hydrogens is 396 g/mol. The van der Waals surface area contributed by atoms with Crippen molar-refractivity contribution in [3.8, 4) is 11.1 Å². The van der Waals surface area contributed by atoms with Gasteiger partial charge in [0, 0.05) is 5.41 Å². The van der Waals surface area contributed by atoms with Gasteiger partial charge in [-0.1, -0.05) is 85.8 Å². The highest BCUT2D eigenvalue weighted by Gasteiger charge is 2.37. The Morgan fingerprint density at radius 1 is 0.545 bits per heavy atom. The maximum atomic E-state index is 2.43. The number of rotatable bonds is 5. The topological polar surface area (TPSA) is 0 Å². The van der Waals surface area contributed by atoms with Crippen molar-refractivity contribution in [1.29, 1.82) is 0 Å². The molecule has 4 aromatic carbocycles. The van der Waals surface area contributed by atoms with Crippen molar-refractivity contribution < 1.29 is 0 Å². The van der Waals surface area contributed by atoms with Crippen molar-refractivity contribution in [2.24, 2.45) is 0 Å². The summed E-state index contributed by atoms with van der Waals surface area (Å²) in [5.41, 5.74) is 14.7. The first-order valence-electron chi connectivity index (χ1n) is 12.1. The van der Waals surface area contributed by atoms with Crippen LogP contribution in [0.3, 0.4) is 0 Å². The summed E-state index contributed by atoms with van der Waals surface area (Å²) >= 11 is 0. The molecule has 168 valence electrons. The molecule has 0 N–H and O–H groups in total. The van der Waals surface area contributed by atoms with Crippen LogP contribution in [0.2, 0.25) is 0 Å². The van der Waals surface area contributed by atoms with E-state index in [2.05, 4.69) is 127 Å². The summed E-state index contributed by atoms with van der Waals surface area (Å²) in [4.78, 5) is 0. The zero-order valence-corrected chi connectivity index (χ0v) is 21.2. The molecule has 0 aliphatic carbocycles. The van der Waals surface area contributed by atoms with Gasteiger partial charge in [0.1, 0.15) is 0 Å². The smallest absolute Gasteiger partial charge is 0.0455 e. The fourth-order valence-corrected chi connectivity index (χ4v) is 5.37. The van der Waals surface area contributed by atoms with Crippen LogP contribution in [0.15, 0.2) is 78.9 Å². The number of benzene rings is 4. The van der Waals surface area contributed by atoms with Gasteiger partial charge in [0.2, 0.25) is 0 Å². The average molecular weight is 433 g/mol. The van der Waals surface area contributed by atoms with Crippen molar-refractivity contribution in [2.75, 3.05) is 0 Å². The van der Waals surface area contributed by atoms with Gasteiger partial charge in [0.25, 0.3) is 0 Å². The molecule has 0 fully saturated rings. The first-order chi connectivity index (χ1) is 15.8. The summed E-state index contributed by atoms with van der Waals surface area (Å²) in [6, 6.07) is 29.6. The van der Waals surface area contributed by atoms with E-state index in [-0.39, 0.29) is 5.41 Å². The molecule has 0 bridgehead atoms. The van der Waals surface area contributed by atoms with Crippen LogP contribution in [0.5, 0.6) is 0 Å². The van der Waals surface area contributed by atoms with Crippen LogP contribution in [-0.4, -0.2) is 0 Å². The van der Waals surface area contributed by atoms with Gasteiger partial charge in [0.05, 0.1) is 0 Å². The van der Waals surface area contributed by atoms with Gasteiger partial charge in [-0.05, 0) is 109 Å². The highest BCUT2D eigenvalue weighted by molar-refractivity contribution is 5.72. The zero-order chi connectivity index (χ0) is 23.8. The van der Waals surface area contributed by atoms with E-state index in [4.69, 9.17) is 0 Å². The first-order valence-corrected chi connectivity index (χ1v) is 12.1. The number of hydrogen-bond acceptors (Lipinski definition) is 0. The normalized spacial score (nSPS) is 11.6. The lowest BCUT2D eigenvalue weighted by molar-refractivity contribution is 0.593. The van der Waals surface area contributed by atoms with Gasteiger partial charge in [0.15, 0.2) is 0 Å². The SMILES string of the molecule is CCC(c1cc(C)c(C)c(C)c1)(c1cc(C)c(C)c(C)c1)c1ccccc1-c1ccccc1. The van der Waals surface area contributed by atoms with Crippen LogP contribution in [0.25, 0.3) is 11.1 Å². The Morgan fingerprint density at radius 3 is 1.42 bits per heavy atom. The molecule has 0 spiro atoms. The summed E-state index contributed by atoms with van der Waals surface area (Å²) in [6.07, 6.45) is 0.987. The lowest BCUT2D eigenvalue weighted by Crippen LogP contribution is -2.30. The lowest BCUT2D eigenvalue weighted by atomic mass is 9.64. The van der Waals surface area contributed by atoms with Gasteiger partial charge in [-0.25, -0.2) is 0 Å². The van der Waals surface area contributed by atoms with Crippen molar-refractivity contribution in [3.05, 3.63) is 129 Å². The minimum atomic E-state index is -0.237. The Balaban J connectivity index is 2.14. The fraction of sp³-hybridized carbons (Fsp3) is 0.273. The number of aryl methyl sites for hydroxylation is 4. The molecule has 4 aromatic rings. The molecule has 0 unspecified atom stereocenters. The fourth-order valence-electron chi connectivity index (χ4n) is 5.37. The maximum Gasteiger partial charge on any atom is 0.0455 e. The van der Waals surface area contributed by atoms with Gasteiger partial charge in [-0.15, -0.1) is 0 Å². The third-order valence-electron chi connectivity index (χ3n) is 7.84. The second kappa shape index (κ2) is 9.02. The molecule has 0 saturated heterocycles. The molecule has 0 aliphatic rings. The Kier molecular flexibility index (Phi) is 6.30. The summed E-state index contributed by atoms with van der Waals surface area (Å²) in [5.74, 6) is 0. The summed E-state index contributed by atoms with van der Waals surface area (Å²) in [6.45, 7) is 15.8. The Hall–Kier alpha value is -3.12. The first kappa shape index (κ1) is 23.1. The van der Waals surface area contributed by atoms with Gasteiger partial charge >= 0.3 is 0 Å². The Morgan fingerprint density at radius 2 is 0.970 bits per heavy atom. The third-order valence-corrected chi connectivity index (χ3v) is 7.84. The Labute approximate surface area is 200 Å². The molecule has 0 aliphatic heterocycles. The van der Waals surface area contributed by atoms with Crippen molar-refractivity contribution >= 4 is 0 Å². The molecule has 0 amide bonds. The van der Waals surface area contributed by atoms with Crippen molar-refractivity contribution in [2.45, 2.75) is 60.3 Å². The minimum Gasteiger partial charge on any atom is -0.0639 e. The number of hydrogen-bond donors (Lipinski definition) is 0. The van der Waals surface area contributed by atoms with E-state index in [9.17, 15) is 0 Å². The predicted molar refractivity (Wildman–Crippen MR) is 143 cm³/mol. The zero-order valence-electron chi connectivity index (χ0n) is 21.2. The van der Waals surface area contributed by atoms with E-state index in [0.717, 1.165) is 6.42 Å². The van der Waals surface area contributed by atoms with Crippen molar-refractivity contribution in [3.63, 3.8) is 0 Å². The van der Waals surface area contributed by atoms with Crippen LogP contribution in [0.1, 0.15) is 63.4 Å². The van der Waals surface area contributed by atoms with E-state index >= 15 is 0 Å². The predicted octanol–water partition coefficient (Wildman–Crippen LogP) is 8.95. The highest BCUT2D eigenvalue weighted by Crippen LogP contribution is 2.47. The van der Waals surface area contributed by atoms with Gasteiger partial charge in [-0.3, -0.25) is 0 Å². The summed E-state index contributed by atoms with van der Waals surface area (Å²) in [7, 11) is 0. The molecule has 0 heterocycles. The monoisotopic (exact) mass is 432 g/mol. The van der Waals surface area contributed by atoms with E-state index in [0.29, 0.717) is 0 Å². The quantitative estimate of drug-likeness (QED) is 0.276.